The van der Waals surface area contributed by atoms with Crippen LogP contribution in [-0.2, 0) is 5.75 Å². The van der Waals surface area contributed by atoms with Crippen molar-refractivity contribution in [3.63, 3.8) is 0 Å². The molecule has 5 rings (SSSR count). The van der Waals surface area contributed by atoms with Crippen molar-refractivity contribution in [1.29, 1.82) is 0 Å². The highest BCUT2D eigenvalue weighted by Gasteiger charge is 2.26. The van der Waals surface area contributed by atoms with Crippen molar-refractivity contribution in [2.75, 3.05) is 7.11 Å². The predicted octanol–water partition coefficient (Wildman–Crippen LogP) is 6.06. The van der Waals surface area contributed by atoms with Gasteiger partial charge in [-0.15, -0.1) is 10.2 Å². The lowest BCUT2D eigenvalue weighted by atomic mass is 10.2. The first-order chi connectivity index (χ1) is 15.7. The van der Waals surface area contributed by atoms with Crippen LogP contribution in [0.5, 0.6) is 5.75 Å². The Hall–Kier alpha value is -2.84. The molecule has 164 valence electrons. The highest BCUT2D eigenvalue weighted by atomic mass is 35.5. The van der Waals surface area contributed by atoms with Gasteiger partial charge in [0.1, 0.15) is 5.75 Å². The number of thioether (sulfide) groups is 1. The summed E-state index contributed by atoms with van der Waals surface area (Å²) in [4.78, 5) is 4.55. The van der Waals surface area contributed by atoms with Gasteiger partial charge in [-0.2, -0.15) is 4.98 Å². The van der Waals surface area contributed by atoms with Gasteiger partial charge in [0.2, 0.25) is 11.7 Å². The molecule has 0 radical (unpaired) electrons. The van der Waals surface area contributed by atoms with Gasteiger partial charge in [-0.3, -0.25) is 4.57 Å². The van der Waals surface area contributed by atoms with E-state index >= 15 is 0 Å². The van der Waals surface area contributed by atoms with Crippen molar-refractivity contribution < 1.29 is 9.26 Å². The Bertz CT molecular complexity index is 1220. The number of methoxy groups -OCH3 is 1. The average molecular weight is 468 g/mol. The fraction of sp³-hybridized carbons (Fsp3) is 0.304. The molecule has 32 heavy (non-hydrogen) atoms. The minimum absolute atomic E-state index is 0.366. The topological polar surface area (TPSA) is 78.9 Å². The van der Waals surface area contributed by atoms with E-state index < -0.39 is 0 Å². The first kappa shape index (κ1) is 21.0. The van der Waals surface area contributed by atoms with Crippen LogP contribution in [0.25, 0.3) is 22.8 Å². The van der Waals surface area contributed by atoms with Gasteiger partial charge in [0, 0.05) is 11.6 Å². The van der Waals surface area contributed by atoms with Crippen molar-refractivity contribution >= 4 is 23.4 Å². The van der Waals surface area contributed by atoms with Gasteiger partial charge in [0.15, 0.2) is 11.0 Å². The van der Waals surface area contributed by atoms with Gasteiger partial charge in [-0.25, -0.2) is 0 Å². The molecule has 1 fully saturated rings. The van der Waals surface area contributed by atoms with Crippen LogP contribution in [0.4, 0.5) is 0 Å². The summed E-state index contributed by atoms with van der Waals surface area (Å²) in [7, 11) is 1.63. The number of halogens is 1. The first-order valence-corrected chi connectivity index (χ1v) is 11.9. The maximum absolute atomic E-state index is 6.47. The van der Waals surface area contributed by atoms with Crippen molar-refractivity contribution in [2.45, 2.75) is 42.6 Å². The largest absolute Gasteiger partial charge is 0.496 e. The molecule has 0 saturated heterocycles. The lowest BCUT2D eigenvalue weighted by Crippen LogP contribution is -2.08. The Balaban J connectivity index is 1.41. The van der Waals surface area contributed by atoms with Crippen molar-refractivity contribution in [1.82, 2.24) is 24.9 Å². The molecule has 0 aliphatic heterocycles. The second-order valence-electron chi connectivity index (χ2n) is 7.59. The summed E-state index contributed by atoms with van der Waals surface area (Å²) in [6.07, 6.45) is 4.64. The van der Waals surface area contributed by atoms with E-state index in [0.717, 1.165) is 34.9 Å². The normalized spacial score (nSPS) is 14.2. The molecule has 0 amide bonds. The number of hydrogen-bond acceptors (Lipinski definition) is 7. The Morgan fingerprint density at radius 1 is 1.06 bits per heavy atom. The van der Waals surface area contributed by atoms with Crippen molar-refractivity contribution in [3.05, 3.63) is 59.4 Å². The SMILES string of the molecule is COc1ccccc1-c1noc(CSc2nnc(-c3ccccc3Cl)n2C2CCCC2)n1. The smallest absolute Gasteiger partial charge is 0.237 e. The summed E-state index contributed by atoms with van der Waals surface area (Å²) in [5.41, 5.74) is 1.70. The van der Waals surface area contributed by atoms with Crippen LogP contribution < -0.4 is 4.74 Å². The third-order valence-corrected chi connectivity index (χ3v) is 6.87. The Kier molecular flexibility index (Phi) is 6.14. The fourth-order valence-electron chi connectivity index (χ4n) is 4.07. The molecule has 1 aliphatic rings. The summed E-state index contributed by atoms with van der Waals surface area (Å²) in [5, 5.41) is 14.6. The predicted molar refractivity (Wildman–Crippen MR) is 124 cm³/mol. The second kappa shape index (κ2) is 9.34. The zero-order valence-corrected chi connectivity index (χ0v) is 19.1. The highest BCUT2D eigenvalue weighted by molar-refractivity contribution is 7.98. The lowest BCUT2D eigenvalue weighted by Gasteiger charge is -2.17. The average Bonchev–Trinajstić information content (AvgIpc) is 3.58. The van der Waals surface area contributed by atoms with E-state index in [0.29, 0.717) is 34.3 Å². The Morgan fingerprint density at radius 3 is 2.59 bits per heavy atom. The molecule has 0 bridgehead atoms. The van der Waals surface area contributed by atoms with E-state index in [1.54, 1.807) is 18.9 Å². The number of nitrogens with zero attached hydrogens (tertiary/aromatic N) is 5. The quantitative estimate of drug-likeness (QED) is 0.305. The molecule has 1 saturated carbocycles. The molecule has 2 aromatic carbocycles. The Morgan fingerprint density at radius 2 is 1.81 bits per heavy atom. The molecule has 0 N–H and O–H groups in total. The maximum Gasteiger partial charge on any atom is 0.237 e. The molecule has 2 aromatic heterocycles. The van der Waals surface area contributed by atoms with Crippen LogP contribution in [0.1, 0.15) is 37.6 Å². The maximum atomic E-state index is 6.47. The van der Waals surface area contributed by atoms with E-state index in [1.165, 1.54) is 12.8 Å². The summed E-state index contributed by atoms with van der Waals surface area (Å²) in [5.74, 6) is 3.04. The van der Waals surface area contributed by atoms with Gasteiger partial charge in [0.25, 0.3) is 0 Å². The first-order valence-electron chi connectivity index (χ1n) is 10.5. The second-order valence-corrected chi connectivity index (χ2v) is 8.94. The minimum atomic E-state index is 0.366. The molecule has 4 aromatic rings. The highest BCUT2D eigenvalue weighted by Crippen LogP contribution is 2.39. The molecule has 0 atom stereocenters. The molecular weight excluding hydrogens is 446 g/mol. The third-order valence-electron chi connectivity index (χ3n) is 5.61. The van der Waals surface area contributed by atoms with E-state index in [4.69, 9.17) is 20.9 Å². The van der Waals surface area contributed by atoms with Crippen LogP contribution in [-0.4, -0.2) is 32.0 Å². The minimum Gasteiger partial charge on any atom is -0.496 e. The van der Waals surface area contributed by atoms with Gasteiger partial charge in [-0.1, -0.05) is 65.6 Å². The van der Waals surface area contributed by atoms with E-state index in [1.807, 2.05) is 48.5 Å². The van der Waals surface area contributed by atoms with Gasteiger partial charge < -0.3 is 9.26 Å². The number of aromatic nitrogens is 5. The van der Waals surface area contributed by atoms with Crippen LogP contribution in [0.2, 0.25) is 5.02 Å². The zero-order valence-electron chi connectivity index (χ0n) is 17.6. The number of para-hydroxylation sites is 1. The molecule has 1 aliphatic carbocycles. The summed E-state index contributed by atoms with van der Waals surface area (Å²) in [6.45, 7) is 0. The molecule has 0 unspecified atom stereocenters. The lowest BCUT2D eigenvalue weighted by molar-refractivity contribution is 0.390. The summed E-state index contributed by atoms with van der Waals surface area (Å²) < 4.78 is 13.1. The molecule has 2 heterocycles. The van der Waals surface area contributed by atoms with E-state index in [-0.39, 0.29) is 0 Å². The van der Waals surface area contributed by atoms with E-state index in [2.05, 4.69) is 24.9 Å². The van der Waals surface area contributed by atoms with Crippen LogP contribution >= 0.6 is 23.4 Å². The number of rotatable bonds is 7. The van der Waals surface area contributed by atoms with Gasteiger partial charge in [-0.05, 0) is 37.1 Å². The van der Waals surface area contributed by atoms with Crippen molar-refractivity contribution in [2.24, 2.45) is 0 Å². The van der Waals surface area contributed by atoms with Crippen LogP contribution in [0, 0.1) is 0 Å². The van der Waals surface area contributed by atoms with Crippen LogP contribution in [0.3, 0.4) is 0 Å². The molecular formula is C23H22ClN5O2S. The molecule has 9 heteroatoms. The summed E-state index contributed by atoms with van der Waals surface area (Å²) in [6, 6.07) is 15.7. The Labute approximate surface area is 195 Å². The number of hydrogen-bond donors (Lipinski definition) is 0. The van der Waals surface area contributed by atoms with Crippen molar-refractivity contribution in [3.8, 4) is 28.5 Å². The van der Waals surface area contributed by atoms with Gasteiger partial charge in [0.05, 0.1) is 23.4 Å². The molecule has 0 spiro atoms. The standard InChI is InChI=1S/C23H22ClN5O2S/c1-30-19-13-7-5-11-17(19)21-25-20(31-28-21)14-32-23-27-26-22(16-10-4-6-12-18(16)24)29(23)15-8-2-3-9-15/h4-7,10-13,15H,2-3,8-9,14H2,1H3. The van der Waals surface area contributed by atoms with Gasteiger partial charge >= 0.3 is 0 Å². The third kappa shape index (κ3) is 4.12. The van der Waals surface area contributed by atoms with E-state index in [9.17, 15) is 0 Å². The summed E-state index contributed by atoms with van der Waals surface area (Å²) >= 11 is 8.02. The number of benzene rings is 2. The van der Waals surface area contributed by atoms with Crippen LogP contribution in [0.15, 0.2) is 58.2 Å². The zero-order chi connectivity index (χ0) is 21.9. The molecule has 7 nitrogen and oxygen atoms in total. The fourth-order valence-corrected chi connectivity index (χ4v) is 5.14. The number of ether oxygens (including phenoxy) is 1. The monoisotopic (exact) mass is 467 g/mol.